The summed E-state index contributed by atoms with van der Waals surface area (Å²) in [5.41, 5.74) is 2.18. The number of aliphatic carboxylic acids is 1. The number of imidazole rings is 1. The predicted molar refractivity (Wildman–Crippen MR) is 80.7 cm³/mol. The standard InChI is InChI=1S/C15H16ClN3O2/c1-18-13(16)7-17-14(18)9-19-8-10(6-15(20)21)11-4-2-3-5-12(11)19/h2-5,7,10H,6,8-9H2,1H3,(H,20,21). The van der Waals surface area contributed by atoms with E-state index in [1.54, 1.807) is 6.20 Å². The quantitative estimate of drug-likeness (QED) is 0.943. The summed E-state index contributed by atoms with van der Waals surface area (Å²) in [6, 6.07) is 7.96. The van der Waals surface area contributed by atoms with Crippen LogP contribution >= 0.6 is 11.6 Å². The number of carboxylic acid groups (broad SMARTS) is 1. The number of hydrogen-bond donors (Lipinski definition) is 1. The molecule has 1 atom stereocenters. The lowest BCUT2D eigenvalue weighted by molar-refractivity contribution is -0.137. The van der Waals surface area contributed by atoms with Crippen molar-refractivity contribution in [2.24, 2.45) is 7.05 Å². The van der Waals surface area contributed by atoms with Crippen molar-refractivity contribution in [2.75, 3.05) is 11.4 Å². The maximum atomic E-state index is 11.0. The number of halogens is 1. The van der Waals surface area contributed by atoms with Gasteiger partial charge in [0.2, 0.25) is 0 Å². The fraction of sp³-hybridized carbons (Fsp3) is 0.333. The van der Waals surface area contributed by atoms with Crippen LogP contribution in [0.15, 0.2) is 30.5 Å². The number of anilines is 1. The summed E-state index contributed by atoms with van der Waals surface area (Å²) in [6.07, 6.45) is 1.78. The summed E-state index contributed by atoms with van der Waals surface area (Å²) in [5.74, 6) is 0.122. The highest BCUT2D eigenvalue weighted by atomic mass is 35.5. The fourth-order valence-corrected chi connectivity index (χ4v) is 3.01. The largest absolute Gasteiger partial charge is 0.481 e. The number of rotatable bonds is 4. The zero-order valence-corrected chi connectivity index (χ0v) is 12.4. The monoisotopic (exact) mass is 305 g/mol. The Morgan fingerprint density at radius 1 is 1.48 bits per heavy atom. The van der Waals surface area contributed by atoms with E-state index in [0.29, 0.717) is 18.2 Å². The van der Waals surface area contributed by atoms with Gasteiger partial charge in [-0.2, -0.15) is 0 Å². The minimum absolute atomic E-state index is 0.0226. The molecule has 0 spiro atoms. The Bertz CT molecular complexity index is 683. The highest BCUT2D eigenvalue weighted by molar-refractivity contribution is 6.29. The van der Waals surface area contributed by atoms with E-state index in [1.165, 1.54) is 0 Å². The van der Waals surface area contributed by atoms with E-state index < -0.39 is 5.97 Å². The molecule has 5 nitrogen and oxygen atoms in total. The van der Waals surface area contributed by atoms with E-state index in [0.717, 1.165) is 17.1 Å². The van der Waals surface area contributed by atoms with Gasteiger partial charge in [-0.05, 0) is 11.6 Å². The van der Waals surface area contributed by atoms with Gasteiger partial charge in [0.05, 0.1) is 19.2 Å². The van der Waals surface area contributed by atoms with Crippen LogP contribution in [0.5, 0.6) is 0 Å². The summed E-state index contributed by atoms with van der Waals surface area (Å²) in [5, 5.41) is 9.67. The molecule has 1 aliphatic rings. The zero-order valence-electron chi connectivity index (χ0n) is 11.7. The summed E-state index contributed by atoms with van der Waals surface area (Å²) in [4.78, 5) is 17.5. The van der Waals surface area contributed by atoms with Gasteiger partial charge in [-0.3, -0.25) is 4.79 Å². The minimum atomic E-state index is -0.767. The molecule has 2 heterocycles. The van der Waals surface area contributed by atoms with Gasteiger partial charge < -0.3 is 14.6 Å². The molecule has 1 unspecified atom stereocenters. The Morgan fingerprint density at radius 2 is 2.24 bits per heavy atom. The molecule has 0 saturated heterocycles. The Kier molecular flexibility index (Phi) is 3.59. The third kappa shape index (κ3) is 2.61. The number of aromatic nitrogens is 2. The fourth-order valence-electron chi connectivity index (χ4n) is 2.86. The average Bonchev–Trinajstić information content (AvgIpc) is 2.95. The van der Waals surface area contributed by atoms with Gasteiger partial charge in [-0.25, -0.2) is 4.98 Å². The SMILES string of the molecule is Cn1c(Cl)cnc1CN1CC(CC(=O)O)c2ccccc21. The van der Waals surface area contributed by atoms with Crippen LogP contribution in [0, 0.1) is 0 Å². The highest BCUT2D eigenvalue weighted by Gasteiger charge is 2.30. The predicted octanol–water partition coefficient (Wildman–Crippen LogP) is 2.65. The molecule has 1 aromatic carbocycles. The molecule has 21 heavy (non-hydrogen) atoms. The van der Waals surface area contributed by atoms with E-state index in [1.807, 2.05) is 35.9 Å². The maximum absolute atomic E-state index is 11.0. The summed E-state index contributed by atoms with van der Waals surface area (Å²) in [6.45, 7) is 1.31. The van der Waals surface area contributed by atoms with Crippen molar-refractivity contribution >= 4 is 23.3 Å². The molecule has 6 heteroatoms. The van der Waals surface area contributed by atoms with Crippen molar-refractivity contribution < 1.29 is 9.90 Å². The Labute approximate surface area is 127 Å². The maximum Gasteiger partial charge on any atom is 0.304 e. The minimum Gasteiger partial charge on any atom is -0.481 e. The van der Waals surface area contributed by atoms with E-state index in [9.17, 15) is 4.79 Å². The molecule has 2 aromatic rings. The van der Waals surface area contributed by atoms with Crippen LogP contribution in [0.3, 0.4) is 0 Å². The molecular formula is C15H16ClN3O2. The van der Waals surface area contributed by atoms with Crippen LogP contribution in [0.2, 0.25) is 5.15 Å². The van der Waals surface area contributed by atoms with Gasteiger partial charge >= 0.3 is 5.97 Å². The first-order valence-corrected chi connectivity index (χ1v) is 7.16. The van der Waals surface area contributed by atoms with E-state index >= 15 is 0 Å². The van der Waals surface area contributed by atoms with Crippen molar-refractivity contribution in [3.63, 3.8) is 0 Å². The first-order valence-electron chi connectivity index (χ1n) is 6.78. The lowest BCUT2D eigenvalue weighted by atomic mass is 9.98. The second kappa shape index (κ2) is 5.41. The van der Waals surface area contributed by atoms with E-state index in [-0.39, 0.29) is 12.3 Å². The third-order valence-electron chi connectivity index (χ3n) is 3.94. The number of benzene rings is 1. The highest BCUT2D eigenvalue weighted by Crippen LogP contribution is 2.38. The van der Waals surface area contributed by atoms with Crippen LogP contribution < -0.4 is 4.90 Å². The Morgan fingerprint density at radius 3 is 2.90 bits per heavy atom. The lowest BCUT2D eigenvalue weighted by Gasteiger charge is -2.19. The first kappa shape index (κ1) is 13.9. The van der Waals surface area contributed by atoms with Crippen molar-refractivity contribution in [1.82, 2.24) is 9.55 Å². The van der Waals surface area contributed by atoms with Gasteiger partial charge in [0.15, 0.2) is 0 Å². The van der Waals surface area contributed by atoms with Gasteiger partial charge in [0.1, 0.15) is 11.0 Å². The molecule has 1 aromatic heterocycles. The Hall–Kier alpha value is -2.01. The van der Waals surface area contributed by atoms with Gasteiger partial charge in [-0.15, -0.1) is 0 Å². The smallest absolute Gasteiger partial charge is 0.304 e. The van der Waals surface area contributed by atoms with Crippen LogP contribution in [-0.4, -0.2) is 27.2 Å². The van der Waals surface area contributed by atoms with Crippen LogP contribution in [0.4, 0.5) is 5.69 Å². The molecule has 3 rings (SSSR count). The summed E-state index contributed by atoms with van der Waals surface area (Å²) in [7, 11) is 1.88. The third-order valence-corrected chi connectivity index (χ3v) is 4.29. The molecule has 1 aliphatic heterocycles. The van der Waals surface area contributed by atoms with Gasteiger partial charge in [0, 0.05) is 25.2 Å². The second-order valence-electron chi connectivity index (χ2n) is 5.29. The van der Waals surface area contributed by atoms with Crippen LogP contribution in [0.1, 0.15) is 23.7 Å². The molecule has 0 amide bonds. The number of hydrogen-bond acceptors (Lipinski definition) is 3. The molecule has 0 aliphatic carbocycles. The van der Waals surface area contributed by atoms with Crippen molar-refractivity contribution in [3.8, 4) is 0 Å². The molecule has 110 valence electrons. The summed E-state index contributed by atoms with van der Waals surface area (Å²) < 4.78 is 1.84. The lowest BCUT2D eigenvalue weighted by Crippen LogP contribution is -2.23. The number of carbonyl (C=O) groups is 1. The van der Waals surface area contributed by atoms with Crippen LogP contribution in [0.25, 0.3) is 0 Å². The van der Waals surface area contributed by atoms with E-state index in [4.69, 9.17) is 16.7 Å². The molecular weight excluding hydrogens is 290 g/mol. The second-order valence-corrected chi connectivity index (χ2v) is 5.68. The molecule has 1 N–H and O–H groups in total. The Balaban J connectivity index is 1.87. The van der Waals surface area contributed by atoms with Crippen molar-refractivity contribution in [1.29, 1.82) is 0 Å². The molecule has 0 saturated carbocycles. The van der Waals surface area contributed by atoms with E-state index in [2.05, 4.69) is 9.88 Å². The topological polar surface area (TPSA) is 58.4 Å². The molecule has 0 fully saturated rings. The van der Waals surface area contributed by atoms with Crippen molar-refractivity contribution in [3.05, 3.63) is 47.0 Å². The number of para-hydroxylation sites is 1. The number of nitrogens with zero attached hydrogens (tertiary/aromatic N) is 3. The van der Waals surface area contributed by atoms with Gasteiger partial charge in [-0.1, -0.05) is 29.8 Å². The first-order chi connectivity index (χ1) is 10.1. The van der Waals surface area contributed by atoms with Gasteiger partial charge in [0.25, 0.3) is 0 Å². The zero-order chi connectivity index (χ0) is 15.0. The number of carboxylic acids is 1. The van der Waals surface area contributed by atoms with Crippen molar-refractivity contribution in [2.45, 2.75) is 18.9 Å². The molecule has 0 radical (unpaired) electrons. The van der Waals surface area contributed by atoms with Crippen LogP contribution in [-0.2, 0) is 18.4 Å². The summed E-state index contributed by atoms with van der Waals surface area (Å²) >= 11 is 6.02. The average molecular weight is 306 g/mol. The number of fused-ring (bicyclic) bond motifs is 1. The molecule has 0 bridgehead atoms. The normalized spacial score (nSPS) is 17.0.